The smallest absolute Gasteiger partial charge is 0.237 e. The largest absolute Gasteiger partial charge is 0.311 e. The summed E-state index contributed by atoms with van der Waals surface area (Å²) < 4.78 is 1.96. The summed E-state index contributed by atoms with van der Waals surface area (Å²) in [6.07, 6.45) is 0.280. The van der Waals surface area contributed by atoms with Crippen molar-refractivity contribution in [3.63, 3.8) is 0 Å². The maximum Gasteiger partial charge on any atom is 0.237 e. The molecule has 3 rings (SSSR count). The highest BCUT2D eigenvalue weighted by atomic mass is 32.2. The number of carbonyl (C=O) groups excluding carboxylic acids is 1. The van der Waals surface area contributed by atoms with Crippen LogP contribution < -0.4 is 4.90 Å². The molecule has 1 aromatic heterocycles. The standard InChI is InChI=1S/C23H25N5OS/c1-16-7-5-8-21(13-16)28-19(4)25-26-23(28)30-15-22(29)27(12-6-11-24)20-10-9-17(2)18(3)14-20/h5,7-10,13-14H,6,12,15H2,1-4H3. The fourth-order valence-corrected chi connectivity index (χ4v) is 4.03. The van der Waals surface area contributed by atoms with E-state index in [-0.39, 0.29) is 18.1 Å². The van der Waals surface area contributed by atoms with Gasteiger partial charge in [0.2, 0.25) is 5.91 Å². The van der Waals surface area contributed by atoms with Crippen LogP contribution in [0.4, 0.5) is 5.69 Å². The van der Waals surface area contributed by atoms with Gasteiger partial charge >= 0.3 is 0 Å². The molecule has 0 fully saturated rings. The quantitative estimate of drug-likeness (QED) is 0.526. The molecule has 0 atom stereocenters. The van der Waals surface area contributed by atoms with Crippen molar-refractivity contribution in [2.24, 2.45) is 0 Å². The molecule has 2 aromatic carbocycles. The lowest BCUT2D eigenvalue weighted by atomic mass is 10.1. The van der Waals surface area contributed by atoms with Crippen LogP contribution in [0.15, 0.2) is 47.6 Å². The summed E-state index contributed by atoms with van der Waals surface area (Å²) >= 11 is 1.36. The van der Waals surface area contributed by atoms with E-state index in [2.05, 4.69) is 22.3 Å². The number of carbonyl (C=O) groups is 1. The number of rotatable bonds is 7. The Bertz CT molecular complexity index is 1100. The molecule has 0 bridgehead atoms. The lowest BCUT2D eigenvalue weighted by Crippen LogP contribution is -2.33. The number of benzene rings is 2. The predicted molar refractivity (Wildman–Crippen MR) is 120 cm³/mol. The van der Waals surface area contributed by atoms with Crippen molar-refractivity contribution >= 4 is 23.4 Å². The van der Waals surface area contributed by atoms with Crippen molar-refractivity contribution in [1.29, 1.82) is 5.26 Å². The molecule has 0 saturated heterocycles. The van der Waals surface area contributed by atoms with E-state index in [1.54, 1.807) is 4.90 Å². The summed E-state index contributed by atoms with van der Waals surface area (Å²) in [4.78, 5) is 14.7. The molecule has 154 valence electrons. The normalized spacial score (nSPS) is 10.6. The van der Waals surface area contributed by atoms with Gasteiger partial charge < -0.3 is 4.90 Å². The Balaban J connectivity index is 1.81. The monoisotopic (exact) mass is 419 g/mol. The summed E-state index contributed by atoms with van der Waals surface area (Å²) in [6.45, 7) is 8.36. The zero-order chi connectivity index (χ0) is 21.7. The Kier molecular flexibility index (Phi) is 6.91. The minimum atomic E-state index is -0.0602. The molecule has 30 heavy (non-hydrogen) atoms. The first-order valence-electron chi connectivity index (χ1n) is 9.77. The van der Waals surface area contributed by atoms with Gasteiger partial charge in [0.25, 0.3) is 0 Å². The zero-order valence-corrected chi connectivity index (χ0v) is 18.5. The highest BCUT2D eigenvalue weighted by Gasteiger charge is 2.19. The van der Waals surface area contributed by atoms with E-state index in [9.17, 15) is 4.79 Å². The molecule has 1 heterocycles. The molecule has 0 aliphatic heterocycles. The molecule has 0 aliphatic carbocycles. The Morgan fingerprint density at radius 3 is 2.60 bits per heavy atom. The molecule has 0 spiro atoms. The third-order valence-electron chi connectivity index (χ3n) is 4.93. The molecule has 3 aromatic rings. The van der Waals surface area contributed by atoms with Gasteiger partial charge in [-0.05, 0) is 68.7 Å². The third-order valence-corrected chi connectivity index (χ3v) is 5.84. The predicted octanol–water partition coefficient (Wildman–Crippen LogP) is 4.54. The summed E-state index contributed by atoms with van der Waals surface area (Å²) in [7, 11) is 0. The second-order valence-electron chi connectivity index (χ2n) is 7.21. The third kappa shape index (κ3) is 4.89. The topological polar surface area (TPSA) is 74.8 Å². The first-order valence-corrected chi connectivity index (χ1v) is 10.8. The van der Waals surface area contributed by atoms with Gasteiger partial charge in [-0.25, -0.2) is 0 Å². The van der Waals surface area contributed by atoms with Gasteiger partial charge in [0.05, 0.1) is 18.2 Å². The Labute approximate surface area is 181 Å². The highest BCUT2D eigenvalue weighted by Crippen LogP contribution is 2.25. The van der Waals surface area contributed by atoms with Gasteiger partial charge in [-0.15, -0.1) is 10.2 Å². The van der Waals surface area contributed by atoms with Crippen LogP contribution in [0.25, 0.3) is 5.69 Å². The number of amides is 1. The molecule has 0 unspecified atom stereocenters. The molecule has 0 aliphatic rings. The number of nitrogens with zero attached hydrogens (tertiary/aromatic N) is 5. The van der Waals surface area contributed by atoms with Gasteiger partial charge in [0, 0.05) is 17.9 Å². The summed E-state index contributed by atoms with van der Waals surface area (Å²) in [5.41, 5.74) is 5.22. The van der Waals surface area contributed by atoms with Crippen LogP contribution in [0, 0.1) is 39.0 Å². The lowest BCUT2D eigenvalue weighted by molar-refractivity contribution is -0.116. The minimum Gasteiger partial charge on any atom is -0.311 e. The van der Waals surface area contributed by atoms with Crippen molar-refractivity contribution in [3.8, 4) is 11.8 Å². The summed E-state index contributed by atoms with van der Waals surface area (Å²) in [5.74, 6) is 0.920. The molecule has 7 heteroatoms. The number of aromatic nitrogens is 3. The number of nitriles is 1. The molecule has 1 amide bonds. The maximum absolute atomic E-state index is 13.1. The second kappa shape index (κ2) is 9.59. The molecule has 0 radical (unpaired) electrons. The average molecular weight is 420 g/mol. The van der Waals surface area contributed by atoms with Crippen molar-refractivity contribution in [3.05, 3.63) is 65.0 Å². The van der Waals surface area contributed by atoms with Crippen LogP contribution in [-0.2, 0) is 4.79 Å². The second-order valence-corrected chi connectivity index (χ2v) is 8.16. The average Bonchev–Trinajstić information content (AvgIpc) is 3.09. The Hall–Kier alpha value is -3.11. The van der Waals surface area contributed by atoms with Crippen LogP contribution in [0.3, 0.4) is 0 Å². The highest BCUT2D eigenvalue weighted by molar-refractivity contribution is 7.99. The van der Waals surface area contributed by atoms with E-state index in [1.165, 1.54) is 17.3 Å². The SMILES string of the molecule is Cc1cccc(-n2c(C)nnc2SCC(=O)N(CCC#N)c2ccc(C)c(C)c2)c1. The van der Waals surface area contributed by atoms with Gasteiger partial charge in [-0.1, -0.05) is 30.0 Å². The first-order chi connectivity index (χ1) is 14.4. The van der Waals surface area contributed by atoms with Crippen molar-refractivity contribution in [1.82, 2.24) is 14.8 Å². The number of hydrogen-bond donors (Lipinski definition) is 0. The van der Waals surface area contributed by atoms with Gasteiger partial charge in [0.15, 0.2) is 5.16 Å². The summed E-state index contributed by atoms with van der Waals surface area (Å²) in [6, 6.07) is 16.2. The van der Waals surface area contributed by atoms with Crippen molar-refractivity contribution in [2.45, 2.75) is 39.3 Å². The first kappa shape index (κ1) is 21.6. The number of anilines is 1. The van der Waals surface area contributed by atoms with Crippen molar-refractivity contribution < 1.29 is 4.79 Å². The fourth-order valence-electron chi connectivity index (χ4n) is 3.16. The van der Waals surface area contributed by atoms with E-state index >= 15 is 0 Å². The van der Waals surface area contributed by atoms with E-state index in [4.69, 9.17) is 5.26 Å². The van der Waals surface area contributed by atoms with Crippen LogP contribution in [0.2, 0.25) is 0 Å². The minimum absolute atomic E-state index is 0.0602. The van der Waals surface area contributed by atoms with Crippen LogP contribution in [0.5, 0.6) is 0 Å². The molecule has 6 nitrogen and oxygen atoms in total. The Morgan fingerprint density at radius 1 is 1.10 bits per heavy atom. The maximum atomic E-state index is 13.1. The van der Waals surface area contributed by atoms with Gasteiger partial charge in [-0.3, -0.25) is 9.36 Å². The molecule has 0 N–H and O–H groups in total. The fraction of sp³-hybridized carbons (Fsp3) is 0.304. The molecular weight excluding hydrogens is 394 g/mol. The lowest BCUT2D eigenvalue weighted by Gasteiger charge is -2.22. The van der Waals surface area contributed by atoms with E-state index in [0.29, 0.717) is 11.7 Å². The van der Waals surface area contributed by atoms with Crippen molar-refractivity contribution in [2.75, 3.05) is 17.2 Å². The van der Waals surface area contributed by atoms with E-state index < -0.39 is 0 Å². The van der Waals surface area contributed by atoms with E-state index in [0.717, 1.165) is 28.3 Å². The van der Waals surface area contributed by atoms with Gasteiger partial charge in [0.1, 0.15) is 5.82 Å². The number of thioether (sulfide) groups is 1. The molecular formula is C23H25N5OS. The van der Waals surface area contributed by atoms with Crippen LogP contribution in [-0.4, -0.2) is 33.0 Å². The molecule has 0 saturated carbocycles. The van der Waals surface area contributed by atoms with Crippen LogP contribution in [0.1, 0.15) is 28.9 Å². The number of aryl methyl sites for hydroxylation is 4. The Morgan fingerprint density at radius 2 is 1.90 bits per heavy atom. The van der Waals surface area contributed by atoms with Crippen LogP contribution >= 0.6 is 11.8 Å². The van der Waals surface area contributed by atoms with E-state index in [1.807, 2.05) is 68.7 Å². The summed E-state index contributed by atoms with van der Waals surface area (Å²) in [5, 5.41) is 18.2. The van der Waals surface area contributed by atoms with Gasteiger partial charge in [-0.2, -0.15) is 5.26 Å². The zero-order valence-electron chi connectivity index (χ0n) is 17.7. The number of hydrogen-bond acceptors (Lipinski definition) is 5.